The number of rotatable bonds is 4. The summed E-state index contributed by atoms with van der Waals surface area (Å²) in [6.07, 6.45) is 0. The number of carbonyl (C=O) groups excluding carboxylic acids is 1. The number of carbonyl (C=O) groups is 1. The van der Waals surface area contributed by atoms with Gasteiger partial charge in [0.15, 0.2) is 5.78 Å². The van der Waals surface area contributed by atoms with Gasteiger partial charge in [-0.3, -0.25) is 4.79 Å². The van der Waals surface area contributed by atoms with Crippen molar-refractivity contribution in [1.29, 1.82) is 0 Å². The molecule has 0 aliphatic rings. The zero-order valence-corrected chi connectivity index (χ0v) is 15.9. The maximum Gasteiger partial charge on any atom is 0.253 e. The number of hydrogen-bond acceptors (Lipinski definition) is 5. The molecule has 0 saturated carbocycles. The van der Waals surface area contributed by atoms with E-state index in [9.17, 15) is 4.79 Å². The number of nitrogens with one attached hydrogen (secondary N) is 1. The molecule has 26 heavy (non-hydrogen) atoms. The van der Waals surface area contributed by atoms with Crippen molar-refractivity contribution in [3.63, 3.8) is 0 Å². The molecule has 4 rings (SSSR count). The average Bonchev–Trinajstić information content (AvgIpc) is 3.13. The van der Waals surface area contributed by atoms with Gasteiger partial charge in [-0.2, -0.15) is 4.98 Å². The van der Waals surface area contributed by atoms with Crippen LogP contribution in [0.3, 0.4) is 0 Å². The standard InChI is InChI=1S/C19H19N5OS/c1-10-9-11(2)24-18(20-10)22-19(23-24)26-13(4)17(25)16-12(3)21-15-8-6-5-7-14(15)16/h5-9,13,21H,1-4H3. The summed E-state index contributed by atoms with van der Waals surface area (Å²) in [4.78, 5) is 25.2. The van der Waals surface area contributed by atoms with Gasteiger partial charge in [0.05, 0.1) is 5.25 Å². The number of benzene rings is 1. The quantitative estimate of drug-likeness (QED) is 0.438. The second-order valence-electron chi connectivity index (χ2n) is 6.44. The van der Waals surface area contributed by atoms with E-state index in [0.717, 1.165) is 33.5 Å². The Kier molecular flexibility index (Phi) is 4.03. The fourth-order valence-corrected chi connectivity index (χ4v) is 4.01. The number of para-hydroxylation sites is 1. The van der Waals surface area contributed by atoms with Crippen molar-refractivity contribution in [2.45, 2.75) is 38.1 Å². The molecule has 0 radical (unpaired) electrons. The minimum absolute atomic E-state index is 0.0738. The molecule has 4 aromatic rings. The van der Waals surface area contributed by atoms with Gasteiger partial charge in [-0.15, -0.1) is 5.10 Å². The molecule has 0 amide bonds. The lowest BCUT2D eigenvalue weighted by Crippen LogP contribution is -2.14. The maximum atomic E-state index is 13.1. The molecule has 1 atom stereocenters. The number of nitrogens with zero attached hydrogens (tertiary/aromatic N) is 4. The number of aryl methyl sites for hydroxylation is 3. The molecule has 6 nitrogen and oxygen atoms in total. The third-order valence-electron chi connectivity index (χ3n) is 4.39. The molecule has 3 heterocycles. The Labute approximate surface area is 155 Å². The molecule has 0 spiro atoms. The van der Waals surface area contributed by atoms with E-state index in [4.69, 9.17) is 0 Å². The third kappa shape index (κ3) is 2.78. The van der Waals surface area contributed by atoms with Gasteiger partial charge in [0.25, 0.3) is 5.78 Å². The lowest BCUT2D eigenvalue weighted by molar-refractivity contribution is 0.0995. The minimum atomic E-state index is -0.299. The van der Waals surface area contributed by atoms with Crippen LogP contribution in [0.1, 0.15) is 34.4 Å². The SMILES string of the molecule is Cc1cc(C)n2nc(SC(C)C(=O)c3c(C)[nH]c4ccccc34)nc2n1. The van der Waals surface area contributed by atoms with Crippen LogP contribution in [0.5, 0.6) is 0 Å². The molecule has 0 aliphatic carbocycles. The molecule has 1 unspecified atom stereocenters. The van der Waals surface area contributed by atoms with Crippen molar-refractivity contribution in [2.24, 2.45) is 0 Å². The Morgan fingerprint density at radius 1 is 1.19 bits per heavy atom. The molecule has 0 bridgehead atoms. The number of H-pyrrole nitrogens is 1. The number of thioether (sulfide) groups is 1. The number of ketones is 1. The second-order valence-corrected chi connectivity index (χ2v) is 7.75. The van der Waals surface area contributed by atoms with E-state index >= 15 is 0 Å². The van der Waals surface area contributed by atoms with Crippen LogP contribution < -0.4 is 0 Å². The first-order valence-electron chi connectivity index (χ1n) is 8.43. The van der Waals surface area contributed by atoms with E-state index in [1.54, 1.807) is 4.52 Å². The highest BCUT2D eigenvalue weighted by Gasteiger charge is 2.24. The Bertz CT molecular complexity index is 1140. The molecule has 1 N–H and O–H groups in total. The van der Waals surface area contributed by atoms with Crippen LogP contribution in [-0.2, 0) is 0 Å². The van der Waals surface area contributed by atoms with Crippen LogP contribution in [0.2, 0.25) is 0 Å². The number of aromatic nitrogens is 5. The summed E-state index contributed by atoms with van der Waals surface area (Å²) in [5, 5.41) is 5.71. The largest absolute Gasteiger partial charge is 0.358 e. The number of aromatic amines is 1. The molecular formula is C19H19N5OS. The zero-order chi connectivity index (χ0) is 18.4. The molecule has 0 fully saturated rings. The molecule has 3 aromatic heterocycles. The molecule has 1 aromatic carbocycles. The topological polar surface area (TPSA) is 75.9 Å². The summed E-state index contributed by atoms with van der Waals surface area (Å²) in [6, 6.07) is 9.83. The Morgan fingerprint density at radius 3 is 2.77 bits per heavy atom. The summed E-state index contributed by atoms with van der Waals surface area (Å²) < 4.78 is 1.71. The van der Waals surface area contributed by atoms with Crippen LogP contribution in [0.4, 0.5) is 0 Å². The highest BCUT2D eigenvalue weighted by atomic mass is 32.2. The molecule has 132 valence electrons. The second kappa shape index (κ2) is 6.25. The molecule has 0 aliphatic heterocycles. The van der Waals surface area contributed by atoms with Gasteiger partial charge in [-0.1, -0.05) is 30.0 Å². The van der Waals surface area contributed by atoms with Crippen LogP contribution >= 0.6 is 11.8 Å². The van der Waals surface area contributed by atoms with Gasteiger partial charge in [0.2, 0.25) is 5.16 Å². The summed E-state index contributed by atoms with van der Waals surface area (Å²) in [7, 11) is 0. The number of hydrogen-bond donors (Lipinski definition) is 1. The van der Waals surface area contributed by atoms with Crippen LogP contribution in [0.25, 0.3) is 16.7 Å². The Balaban J connectivity index is 1.65. The monoisotopic (exact) mass is 365 g/mol. The van der Waals surface area contributed by atoms with E-state index in [1.807, 2.05) is 58.0 Å². The fourth-order valence-electron chi connectivity index (χ4n) is 3.21. The number of Topliss-reactive ketones (excluding diaryl/α,β-unsaturated/α-hetero) is 1. The van der Waals surface area contributed by atoms with Crippen molar-refractivity contribution in [1.82, 2.24) is 24.6 Å². The smallest absolute Gasteiger partial charge is 0.253 e. The van der Waals surface area contributed by atoms with Crippen LogP contribution in [-0.4, -0.2) is 35.6 Å². The summed E-state index contributed by atoms with van der Waals surface area (Å²) in [5.41, 5.74) is 4.48. The summed E-state index contributed by atoms with van der Waals surface area (Å²) in [5.74, 6) is 0.637. The first-order valence-corrected chi connectivity index (χ1v) is 9.31. The highest BCUT2D eigenvalue weighted by molar-refractivity contribution is 8.00. The van der Waals surface area contributed by atoms with Gasteiger partial charge in [0.1, 0.15) is 0 Å². The fraction of sp³-hybridized carbons (Fsp3) is 0.263. The summed E-state index contributed by atoms with van der Waals surface area (Å²) >= 11 is 1.36. The van der Waals surface area contributed by atoms with Crippen molar-refractivity contribution in [3.8, 4) is 0 Å². The minimum Gasteiger partial charge on any atom is -0.358 e. The van der Waals surface area contributed by atoms with Crippen molar-refractivity contribution < 1.29 is 4.79 Å². The van der Waals surface area contributed by atoms with Gasteiger partial charge in [-0.05, 0) is 39.8 Å². The zero-order valence-electron chi connectivity index (χ0n) is 15.1. The van der Waals surface area contributed by atoms with Crippen molar-refractivity contribution >= 4 is 34.2 Å². The number of fused-ring (bicyclic) bond motifs is 2. The third-order valence-corrected chi connectivity index (χ3v) is 5.34. The van der Waals surface area contributed by atoms with E-state index in [0.29, 0.717) is 10.9 Å². The Morgan fingerprint density at radius 2 is 1.96 bits per heavy atom. The molecule has 7 heteroatoms. The first kappa shape index (κ1) is 16.8. The summed E-state index contributed by atoms with van der Waals surface area (Å²) in [6.45, 7) is 7.73. The lowest BCUT2D eigenvalue weighted by atomic mass is 10.1. The predicted octanol–water partition coefficient (Wildman–Crippen LogP) is 3.89. The normalized spacial score (nSPS) is 12.8. The predicted molar refractivity (Wildman–Crippen MR) is 103 cm³/mol. The molecular weight excluding hydrogens is 346 g/mol. The van der Waals surface area contributed by atoms with Crippen LogP contribution in [0.15, 0.2) is 35.5 Å². The maximum absolute atomic E-state index is 13.1. The lowest BCUT2D eigenvalue weighted by Gasteiger charge is -2.08. The van der Waals surface area contributed by atoms with Gasteiger partial charge < -0.3 is 4.98 Å². The van der Waals surface area contributed by atoms with Crippen LogP contribution in [0, 0.1) is 20.8 Å². The van der Waals surface area contributed by atoms with E-state index in [2.05, 4.69) is 20.1 Å². The van der Waals surface area contributed by atoms with Gasteiger partial charge in [-0.25, -0.2) is 9.50 Å². The van der Waals surface area contributed by atoms with Gasteiger partial charge >= 0.3 is 0 Å². The van der Waals surface area contributed by atoms with E-state index in [1.165, 1.54) is 11.8 Å². The molecule has 0 saturated heterocycles. The van der Waals surface area contributed by atoms with Crippen molar-refractivity contribution in [2.75, 3.05) is 0 Å². The van der Waals surface area contributed by atoms with Gasteiger partial charge in [0, 0.05) is 33.5 Å². The highest BCUT2D eigenvalue weighted by Crippen LogP contribution is 2.28. The Hall–Kier alpha value is -2.67. The van der Waals surface area contributed by atoms with E-state index < -0.39 is 0 Å². The van der Waals surface area contributed by atoms with E-state index in [-0.39, 0.29) is 11.0 Å². The van der Waals surface area contributed by atoms with Crippen molar-refractivity contribution in [3.05, 3.63) is 53.0 Å². The first-order chi connectivity index (χ1) is 12.4. The average molecular weight is 365 g/mol.